The van der Waals surface area contributed by atoms with Crippen LogP contribution in [0.15, 0.2) is 60.7 Å². The van der Waals surface area contributed by atoms with Gasteiger partial charge in [-0.25, -0.2) is 4.79 Å². The smallest absolute Gasteiger partial charge is 0.301 e. The maximum absolute atomic E-state index is 13.6. The third kappa shape index (κ3) is 2.92. The summed E-state index contributed by atoms with van der Waals surface area (Å²) in [5.41, 5.74) is -0.0229. The molecule has 1 aliphatic heterocycles. The molecule has 6 nitrogen and oxygen atoms in total. The Balaban J connectivity index is 2.24. The Bertz CT molecular complexity index is 873. The quantitative estimate of drug-likeness (QED) is 0.743. The molecule has 2 aromatic carbocycles. The van der Waals surface area contributed by atoms with E-state index in [1.807, 2.05) is 66.7 Å². The van der Waals surface area contributed by atoms with Crippen molar-refractivity contribution in [3.63, 3.8) is 0 Å². The third-order valence-electron chi connectivity index (χ3n) is 4.70. The molecule has 0 spiro atoms. The highest BCUT2D eigenvalue weighted by Crippen LogP contribution is 2.43. The van der Waals surface area contributed by atoms with Crippen molar-refractivity contribution in [1.29, 1.82) is 10.5 Å². The molecule has 2 aromatic rings. The molecule has 6 heteroatoms. The van der Waals surface area contributed by atoms with Crippen LogP contribution in [0.25, 0.3) is 0 Å². The molecule has 1 heterocycles. The van der Waals surface area contributed by atoms with E-state index < -0.39 is 17.5 Å². The molecule has 1 fully saturated rings. The van der Waals surface area contributed by atoms with Gasteiger partial charge in [-0.3, -0.25) is 9.69 Å². The monoisotopic (exact) mass is 358 g/mol. The van der Waals surface area contributed by atoms with Crippen molar-refractivity contribution < 1.29 is 9.59 Å². The van der Waals surface area contributed by atoms with E-state index in [4.69, 9.17) is 10.5 Å². The molecule has 0 aliphatic carbocycles. The number of hydrogen-bond acceptors (Lipinski definition) is 4. The standard InChI is InChI=1S/C21H18N4O2/c22-13-7-15-24-19(26)21(17-9-3-1-4-10-17,18-11-5-2-6-12-18)25(20(24)27)16-8-14-23/h1-6,9-12H,7-8,15-16H2. The fraction of sp³-hybridized carbons (Fsp3) is 0.238. The predicted octanol–water partition coefficient (Wildman–Crippen LogP) is 3.02. The Morgan fingerprint density at radius 3 is 1.74 bits per heavy atom. The van der Waals surface area contributed by atoms with Crippen molar-refractivity contribution in [2.75, 3.05) is 13.1 Å². The lowest BCUT2D eigenvalue weighted by molar-refractivity contribution is -0.131. The molecule has 0 aromatic heterocycles. The van der Waals surface area contributed by atoms with E-state index in [0.717, 1.165) is 4.90 Å². The number of carbonyl (C=O) groups is 2. The van der Waals surface area contributed by atoms with E-state index in [0.29, 0.717) is 11.1 Å². The maximum Gasteiger partial charge on any atom is 0.328 e. The topological polar surface area (TPSA) is 88.2 Å². The van der Waals surface area contributed by atoms with Gasteiger partial charge in [0.1, 0.15) is 0 Å². The molecular formula is C21H18N4O2. The van der Waals surface area contributed by atoms with Crippen LogP contribution in [0.2, 0.25) is 0 Å². The van der Waals surface area contributed by atoms with E-state index in [2.05, 4.69) is 6.07 Å². The number of hydrogen-bond donors (Lipinski definition) is 0. The van der Waals surface area contributed by atoms with E-state index in [1.165, 1.54) is 4.90 Å². The summed E-state index contributed by atoms with van der Waals surface area (Å²) in [6.45, 7) is 0.145. The van der Waals surface area contributed by atoms with Gasteiger partial charge in [0.2, 0.25) is 0 Å². The Labute approximate surface area is 157 Å². The third-order valence-corrected chi connectivity index (χ3v) is 4.70. The average Bonchev–Trinajstić information content (AvgIpc) is 2.93. The van der Waals surface area contributed by atoms with Crippen LogP contribution in [-0.2, 0) is 10.3 Å². The van der Waals surface area contributed by atoms with Crippen molar-refractivity contribution in [2.24, 2.45) is 0 Å². The minimum absolute atomic E-state index is 0.0264. The minimum atomic E-state index is -1.34. The zero-order valence-corrected chi connectivity index (χ0v) is 14.7. The normalized spacial score (nSPS) is 15.5. The second-order valence-corrected chi connectivity index (χ2v) is 6.15. The van der Waals surface area contributed by atoms with Crippen molar-refractivity contribution in [1.82, 2.24) is 9.80 Å². The van der Waals surface area contributed by atoms with Gasteiger partial charge in [0.05, 0.1) is 25.0 Å². The first-order valence-electron chi connectivity index (χ1n) is 8.66. The molecule has 0 N–H and O–H groups in total. The fourth-order valence-corrected chi connectivity index (χ4v) is 3.55. The number of nitrogens with zero attached hydrogens (tertiary/aromatic N) is 4. The van der Waals surface area contributed by atoms with Crippen LogP contribution in [0.5, 0.6) is 0 Å². The summed E-state index contributed by atoms with van der Waals surface area (Å²) in [4.78, 5) is 29.3. The number of imide groups is 1. The van der Waals surface area contributed by atoms with Crippen molar-refractivity contribution in [3.8, 4) is 12.1 Å². The van der Waals surface area contributed by atoms with Gasteiger partial charge in [0, 0.05) is 13.1 Å². The van der Waals surface area contributed by atoms with Gasteiger partial charge in [-0.05, 0) is 11.1 Å². The summed E-state index contributed by atoms with van der Waals surface area (Å²) in [6.07, 6.45) is 0.162. The molecule has 0 saturated carbocycles. The number of nitriles is 2. The van der Waals surface area contributed by atoms with Gasteiger partial charge >= 0.3 is 6.03 Å². The molecule has 0 atom stereocenters. The van der Waals surface area contributed by atoms with Gasteiger partial charge in [0.15, 0.2) is 5.54 Å². The number of rotatable bonds is 6. The maximum atomic E-state index is 13.6. The molecule has 1 saturated heterocycles. The van der Waals surface area contributed by atoms with Crippen LogP contribution in [0, 0.1) is 22.7 Å². The van der Waals surface area contributed by atoms with Crippen LogP contribution in [0.4, 0.5) is 4.79 Å². The highest BCUT2D eigenvalue weighted by atomic mass is 16.2. The van der Waals surface area contributed by atoms with E-state index in [-0.39, 0.29) is 25.9 Å². The Kier molecular flexibility index (Phi) is 5.19. The molecule has 0 unspecified atom stereocenters. The Morgan fingerprint density at radius 2 is 1.26 bits per heavy atom. The zero-order valence-electron chi connectivity index (χ0n) is 14.7. The molecule has 1 aliphatic rings. The fourth-order valence-electron chi connectivity index (χ4n) is 3.55. The predicted molar refractivity (Wildman–Crippen MR) is 97.9 cm³/mol. The number of amides is 3. The minimum Gasteiger partial charge on any atom is -0.301 e. The first-order valence-corrected chi connectivity index (χ1v) is 8.66. The molecular weight excluding hydrogens is 340 g/mol. The summed E-state index contributed by atoms with van der Waals surface area (Å²) in [6, 6.07) is 21.8. The van der Waals surface area contributed by atoms with Crippen LogP contribution in [0.3, 0.4) is 0 Å². The highest BCUT2D eigenvalue weighted by molar-refractivity contribution is 6.09. The molecule has 3 amide bonds. The lowest BCUT2D eigenvalue weighted by Crippen LogP contribution is -2.48. The van der Waals surface area contributed by atoms with Crippen molar-refractivity contribution >= 4 is 11.9 Å². The summed E-state index contributed by atoms with van der Waals surface area (Å²) in [5.74, 6) is -0.391. The van der Waals surface area contributed by atoms with Crippen LogP contribution in [0.1, 0.15) is 24.0 Å². The van der Waals surface area contributed by atoms with E-state index in [9.17, 15) is 9.59 Å². The second-order valence-electron chi connectivity index (χ2n) is 6.15. The van der Waals surface area contributed by atoms with Gasteiger partial charge in [-0.1, -0.05) is 60.7 Å². The lowest BCUT2D eigenvalue weighted by Gasteiger charge is -2.36. The van der Waals surface area contributed by atoms with Crippen LogP contribution >= 0.6 is 0 Å². The summed E-state index contributed by atoms with van der Waals surface area (Å²) in [7, 11) is 0. The number of urea groups is 1. The molecule has 3 rings (SSSR count). The van der Waals surface area contributed by atoms with E-state index >= 15 is 0 Å². The molecule has 0 bridgehead atoms. The van der Waals surface area contributed by atoms with Crippen LogP contribution in [-0.4, -0.2) is 34.8 Å². The summed E-state index contributed by atoms with van der Waals surface area (Å²) in [5, 5.41) is 18.0. The van der Waals surface area contributed by atoms with Gasteiger partial charge in [-0.15, -0.1) is 0 Å². The zero-order chi connectivity index (χ0) is 19.3. The highest BCUT2D eigenvalue weighted by Gasteiger charge is 2.58. The molecule has 27 heavy (non-hydrogen) atoms. The summed E-state index contributed by atoms with van der Waals surface area (Å²) < 4.78 is 0. The number of benzene rings is 2. The SMILES string of the molecule is N#CCCN1C(=O)N(CCC#N)C(c2ccccc2)(c2ccccc2)C1=O. The van der Waals surface area contributed by atoms with Gasteiger partial charge < -0.3 is 4.90 Å². The first kappa shape index (κ1) is 18.2. The number of carbonyl (C=O) groups excluding carboxylic acids is 2. The second kappa shape index (κ2) is 7.72. The Morgan fingerprint density at radius 1 is 0.778 bits per heavy atom. The largest absolute Gasteiger partial charge is 0.328 e. The van der Waals surface area contributed by atoms with Crippen LogP contribution < -0.4 is 0 Å². The average molecular weight is 358 g/mol. The van der Waals surface area contributed by atoms with Crippen molar-refractivity contribution in [3.05, 3.63) is 71.8 Å². The summed E-state index contributed by atoms with van der Waals surface area (Å²) >= 11 is 0. The van der Waals surface area contributed by atoms with Gasteiger partial charge in [0.25, 0.3) is 5.91 Å². The van der Waals surface area contributed by atoms with E-state index in [1.54, 1.807) is 0 Å². The van der Waals surface area contributed by atoms with Crippen molar-refractivity contribution in [2.45, 2.75) is 18.4 Å². The molecule has 134 valence electrons. The molecule has 0 radical (unpaired) electrons. The first-order chi connectivity index (χ1) is 13.2. The lowest BCUT2D eigenvalue weighted by atomic mass is 9.81. The Hall–Kier alpha value is -3.64. The van der Waals surface area contributed by atoms with Gasteiger partial charge in [-0.2, -0.15) is 10.5 Å².